The van der Waals surface area contributed by atoms with Crippen LogP contribution in [-0.2, 0) is 0 Å². The molecule has 0 aliphatic carbocycles. The molecule has 3 aromatic rings. The number of piperazine rings is 1. The number of pyridine rings is 1. The maximum absolute atomic E-state index is 14.9. The van der Waals surface area contributed by atoms with E-state index in [1.165, 1.54) is 24.4 Å². The third-order valence-corrected chi connectivity index (χ3v) is 6.06. The number of aromatic nitrogens is 1. The number of halogens is 4. The molecule has 2 aromatic carbocycles. The lowest BCUT2D eigenvalue weighted by atomic mass is 10.0. The van der Waals surface area contributed by atoms with Crippen LogP contribution in [0.4, 0.5) is 23.2 Å². The number of amides is 2. The van der Waals surface area contributed by atoms with Crippen LogP contribution in [0.15, 0.2) is 60.9 Å². The zero-order valence-corrected chi connectivity index (χ0v) is 20.6. The number of benzene rings is 2. The summed E-state index contributed by atoms with van der Waals surface area (Å²) < 4.78 is 57.3. The molecule has 1 aliphatic heterocycles. The summed E-state index contributed by atoms with van der Waals surface area (Å²) >= 11 is 0. The fourth-order valence-electron chi connectivity index (χ4n) is 4.15. The van der Waals surface area contributed by atoms with Crippen molar-refractivity contribution in [2.24, 2.45) is 0 Å². The first kappa shape index (κ1) is 26.9. The fraction of sp³-hybridized carbons (Fsp3) is 0.296. The molecule has 0 saturated carbocycles. The predicted molar refractivity (Wildman–Crippen MR) is 134 cm³/mol. The lowest BCUT2D eigenvalue weighted by Crippen LogP contribution is -2.48. The van der Waals surface area contributed by atoms with Crippen molar-refractivity contribution in [1.82, 2.24) is 15.2 Å². The Hall–Kier alpha value is -4.15. The highest BCUT2D eigenvalue weighted by Crippen LogP contribution is 2.27. The summed E-state index contributed by atoms with van der Waals surface area (Å²) in [5.41, 5.74) is 2.00. The van der Waals surface area contributed by atoms with E-state index in [1.807, 2.05) is 17.1 Å². The highest BCUT2D eigenvalue weighted by molar-refractivity contribution is 5.95. The van der Waals surface area contributed by atoms with Gasteiger partial charge < -0.3 is 19.9 Å². The van der Waals surface area contributed by atoms with Crippen LogP contribution < -0.4 is 15.0 Å². The Kier molecular flexibility index (Phi) is 8.13. The number of carbonyl (C=O) groups excluding carboxylic acids is 2. The van der Waals surface area contributed by atoms with Crippen molar-refractivity contribution in [2.75, 3.05) is 44.2 Å². The minimum Gasteiger partial charge on any atom is -0.492 e. The van der Waals surface area contributed by atoms with Crippen molar-refractivity contribution >= 4 is 17.5 Å². The largest absolute Gasteiger partial charge is 0.492 e. The van der Waals surface area contributed by atoms with Gasteiger partial charge in [0, 0.05) is 60.3 Å². The molecule has 0 atom stereocenters. The van der Waals surface area contributed by atoms with Gasteiger partial charge in [0.2, 0.25) is 0 Å². The van der Waals surface area contributed by atoms with Gasteiger partial charge >= 0.3 is 6.18 Å². The van der Waals surface area contributed by atoms with E-state index >= 15 is 0 Å². The molecule has 1 N–H and O–H groups in total. The van der Waals surface area contributed by atoms with E-state index in [-0.39, 0.29) is 17.0 Å². The topological polar surface area (TPSA) is 74.8 Å². The van der Waals surface area contributed by atoms with Gasteiger partial charge in [0.25, 0.3) is 11.8 Å². The summed E-state index contributed by atoms with van der Waals surface area (Å²) in [5, 5.41) is 1.84. The molecule has 38 heavy (non-hydrogen) atoms. The number of hydrogen-bond donors (Lipinski definition) is 1. The van der Waals surface area contributed by atoms with Gasteiger partial charge in [-0.1, -0.05) is 6.07 Å². The standard InChI is InChI=1S/C27H26F4N4O3/c1-2-38-22-13-20(15-32-16-22)23-8-5-19(14-24(23)28)26(37)35-11-9-34(10-12-35)21-6-3-18(4-7-21)25(36)33-17-27(29,30)31/h3-8,13-16H,2,9-12,17H2,1H3,(H,33,36). The summed E-state index contributed by atoms with van der Waals surface area (Å²) in [6, 6.07) is 12.3. The monoisotopic (exact) mass is 530 g/mol. The second kappa shape index (κ2) is 11.5. The van der Waals surface area contributed by atoms with Crippen molar-refractivity contribution in [2.45, 2.75) is 13.1 Å². The van der Waals surface area contributed by atoms with Crippen LogP contribution in [-0.4, -0.2) is 67.2 Å². The van der Waals surface area contributed by atoms with Gasteiger partial charge in [0.05, 0.1) is 12.8 Å². The summed E-state index contributed by atoms with van der Waals surface area (Å²) in [4.78, 5) is 32.6. The third kappa shape index (κ3) is 6.58. The minimum atomic E-state index is -4.48. The van der Waals surface area contributed by atoms with Crippen molar-refractivity contribution in [3.05, 3.63) is 77.9 Å². The Labute approximate surface area is 217 Å². The van der Waals surface area contributed by atoms with Crippen LogP contribution in [0, 0.1) is 5.82 Å². The number of nitrogens with one attached hydrogen (secondary N) is 1. The van der Waals surface area contributed by atoms with Crippen LogP contribution in [0.5, 0.6) is 5.75 Å². The van der Waals surface area contributed by atoms with Gasteiger partial charge in [-0.2, -0.15) is 13.2 Å². The number of nitrogens with zero attached hydrogens (tertiary/aromatic N) is 3. The van der Waals surface area contributed by atoms with Gasteiger partial charge in [0.1, 0.15) is 18.1 Å². The van der Waals surface area contributed by atoms with Crippen molar-refractivity contribution in [3.63, 3.8) is 0 Å². The molecule has 2 amide bonds. The Morgan fingerprint density at radius 2 is 1.66 bits per heavy atom. The number of ether oxygens (including phenoxy) is 1. The average molecular weight is 531 g/mol. The summed E-state index contributed by atoms with van der Waals surface area (Å²) in [6.45, 7) is 2.71. The van der Waals surface area contributed by atoms with Crippen LogP contribution in [0.1, 0.15) is 27.6 Å². The van der Waals surface area contributed by atoms with Crippen LogP contribution >= 0.6 is 0 Å². The molecule has 0 bridgehead atoms. The van der Waals surface area contributed by atoms with Gasteiger partial charge in [-0.15, -0.1) is 0 Å². The molecule has 200 valence electrons. The Balaban J connectivity index is 1.35. The zero-order chi connectivity index (χ0) is 27.3. The molecule has 7 nitrogen and oxygen atoms in total. The number of rotatable bonds is 7. The maximum atomic E-state index is 14.9. The Bertz CT molecular complexity index is 1290. The van der Waals surface area contributed by atoms with Crippen LogP contribution in [0.25, 0.3) is 11.1 Å². The van der Waals surface area contributed by atoms with E-state index in [4.69, 9.17) is 4.74 Å². The van der Waals surface area contributed by atoms with Crippen LogP contribution in [0.3, 0.4) is 0 Å². The number of carbonyl (C=O) groups is 2. The highest BCUT2D eigenvalue weighted by Gasteiger charge is 2.28. The molecule has 4 rings (SSSR count). The maximum Gasteiger partial charge on any atom is 0.405 e. The molecule has 0 unspecified atom stereocenters. The molecule has 0 radical (unpaired) electrons. The summed E-state index contributed by atoms with van der Waals surface area (Å²) in [7, 11) is 0. The van der Waals surface area contributed by atoms with Crippen LogP contribution in [0.2, 0.25) is 0 Å². The number of alkyl halides is 3. The normalized spacial score (nSPS) is 13.8. The predicted octanol–water partition coefficient (Wildman–Crippen LogP) is 4.54. The number of hydrogen-bond acceptors (Lipinski definition) is 5. The van der Waals surface area contributed by atoms with Gasteiger partial charge in [-0.25, -0.2) is 4.39 Å². The Morgan fingerprint density at radius 3 is 2.29 bits per heavy atom. The van der Waals surface area contributed by atoms with Gasteiger partial charge in [0.15, 0.2) is 0 Å². The first-order valence-electron chi connectivity index (χ1n) is 12.0. The molecule has 1 saturated heterocycles. The lowest BCUT2D eigenvalue weighted by molar-refractivity contribution is -0.123. The average Bonchev–Trinajstić information content (AvgIpc) is 2.91. The van der Waals surface area contributed by atoms with E-state index in [2.05, 4.69) is 4.98 Å². The first-order chi connectivity index (χ1) is 18.1. The van der Waals surface area contributed by atoms with Crippen molar-refractivity contribution in [1.29, 1.82) is 0 Å². The molecule has 1 aromatic heterocycles. The van der Waals surface area contributed by atoms with E-state index in [1.54, 1.807) is 41.4 Å². The van der Waals surface area contributed by atoms with Crippen molar-refractivity contribution < 1.29 is 31.9 Å². The molecular formula is C27H26F4N4O3. The lowest BCUT2D eigenvalue weighted by Gasteiger charge is -2.36. The molecule has 0 spiro atoms. The van der Waals surface area contributed by atoms with Crippen molar-refractivity contribution in [3.8, 4) is 16.9 Å². The number of anilines is 1. The SMILES string of the molecule is CCOc1cncc(-c2ccc(C(=O)N3CCN(c4ccc(C(=O)NCC(F)(F)F)cc4)CC3)cc2F)c1. The zero-order valence-electron chi connectivity index (χ0n) is 20.6. The summed E-state index contributed by atoms with van der Waals surface area (Å²) in [5.74, 6) is -1.10. The van der Waals surface area contributed by atoms with E-state index < -0.39 is 24.4 Å². The molecular weight excluding hydrogens is 504 g/mol. The van der Waals surface area contributed by atoms with E-state index in [0.717, 1.165) is 5.69 Å². The third-order valence-electron chi connectivity index (χ3n) is 6.06. The second-order valence-corrected chi connectivity index (χ2v) is 8.66. The summed E-state index contributed by atoms with van der Waals surface area (Å²) in [6.07, 6.45) is -1.40. The molecule has 11 heteroatoms. The van der Waals surface area contributed by atoms with Gasteiger partial charge in [-0.3, -0.25) is 14.6 Å². The smallest absolute Gasteiger partial charge is 0.405 e. The quantitative estimate of drug-likeness (QED) is 0.454. The molecule has 2 heterocycles. The van der Waals surface area contributed by atoms with Gasteiger partial charge in [-0.05, 0) is 49.4 Å². The minimum absolute atomic E-state index is 0.123. The van der Waals surface area contributed by atoms with E-state index in [0.29, 0.717) is 49.7 Å². The molecule has 1 fully saturated rings. The Morgan fingerprint density at radius 1 is 0.974 bits per heavy atom. The highest BCUT2D eigenvalue weighted by atomic mass is 19.4. The second-order valence-electron chi connectivity index (χ2n) is 8.66. The fourth-order valence-corrected chi connectivity index (χ4v) is 4.15. The van der Waals surface area contributed by atoms with E-state index in [9.17, 15) is 27.2 Å². The first-order valence-corrected chi connectivity index (χ1v) is 12.0. The molecule has 1 aliphatic rings.